The quantitative estimate of drug-likeness (QED) is 0.820. The second-order valence-electron chi connectivity index (χ2n) is 3.93. The average molecular weight is 289 g/mol. The van der Waals surface area contributed by atoms with E-state index in [1.54, 1.807) is 0 Å². The molecule has 0 saturated carbocycles. The minimum Gasteiger partial charge on any atom is -0.477 e. The van der Waals surface area contributed by atoms with Crippen LogP contribution in [0.3, 0.4) is 0 Å². The van der Waals surface area contributed by atoms with Gasteiger partial charge in [-0.05, 0) is 13.3 Å². The van der Waals surface area contributed by atoms with Crippen molar-refractivity contribution in [1.29, 1.82) is 0 Å². The van der Waals surface area contributed by atoms with E-state index < -0.39 is 10.0 Å². The molecule has 1 aliphatic heterocycles. The number of aromatic nitrogens is 2. The first kappa shape index (κ1) is 13.6. The number of hydrogen-bond acceptors (Lipinski definition) is 6. The van der Waals surface area contributed by atoms with Crippen LogP contribution in [0.5, 0.6) is 5.88 Å². The van der Waals surface area contributed by atoms with Crippen LogP contribution in [0.1, 0.15) is 13.3 Å². The highest BCUT2D eigenvalue weighted by atomic mass is 32.2. The summed E-state index contributed by atoms with van der Waals surface area (Å²) >= 11 is 4.28. The van der Waals surface area contributed by atoms with Gasteiger partial charge in [-0.1, -0.05) is 0 Å². The Labute approximate surface area is 112 Å². The van der Waals surface area contributed by atoms with E-state index >= 15 is 0 Å². The molecule has 0 amide bonds. The summed E-state index contributed by atoms with van der Waals surface area (Å²) < 4.78 is 30.9. The molecule has 0 bridgehead atoms. The van der Waals surface area contributed by atoms with Crippen LogP contribution in [-0.4, -0.2) is 47.6 Å². The fraction of sp³-hybridized carbons (Fsp3) is 0.600. The molecule has 1 atom stereocenters. The standard InChI is InChI=1S/C10H15N3O3S2/c1-2-16-9-5-12-10(6-11-9)18(14,15)13-4-3-8(17)7-13/h5-6,8,17H,2-4,7H2,1H3. The summed E-state index contributed by atoms with van der Waals surface area (Å²) in [6, 6.07) is 0. The molecule has 1 aromatic heterocycles. The van der Waals surface area contributed by atoms with Crippen LogP contribution in [0.25, 0.3) is 0 Å². The molecule has 18 heavy (non-hydrogen) atoms. The van der Waals surface area contributed by atoms with Crippen LogP contribution in [-0.2, 0) is 10.0 Å². The largest absolute Gasteiger partial charge is 0.477 e. The molecule has 6 nitrogen and oxygen atoms in total. The van der Waals surface area contributed by atoms with E-state index in [2.05, 4.69) is 22.6 Å². The van der Waals surface area contributed by atoms with Crippen molar-refractivity contribution in [2.45, 2.75) is 23.6 Å². The van der Waals surface area contributed by atoms with Crippen molar-refractivity contribution in [2.24, 2.45) is 0 Å². The molecule has 2 heterocycles. The van der Waals surface area contributed by atoms with Gasteiger partial charge in [-0.25, -0.2) is 18.4 Å². The van der Waals surface area contributed by atoms with Crippen LogP contribution in [0, 0.1) is 0 Å². The van der Waals surface area contributed by atoms with Gasteiger partial charge in [0.25, 0.3) is 10.0 Å². The minimum atomic E-state index is -3.55. The van der Waals surface area contributed by atoms with Crippen molar-refractivity contribution in [3.05, 3.63) is 12.4 Å². The maximum Gasteiger partial charge on any atom is 0.262 e. The molecule has 0 radical (unpaired) electrons. The number of rotatable bonds is 4. The first-order chi connectivity index (χ1) is 8.54. The second kappa shape index (κ2) is 5.41. The number of thiol groups is 1. The Morgan fingerprint density at radius 3 is 2.78 bits per heavy atom. The molecule has 8 heteroatoms. The van der Waals surface area contributed by atoms with Gasteiger partial charge in [-0.15, -0.1) is 0 Å². The summed E-state index contributed by atoms with van der Waals surface area (Å²) in [5.41, 5.74) is 0. The van der Waals surface area contributed by atoms with Crippen molar-refractivity contribution < 1.29 is 13.2 Å². The van der Waals surface area contributed by atoms with Crippen LogP contribution >= 0.6 is 12.6 Å². The van der Waals surface area contributed by atoms with Crippen molar-refractivity contribution >= 4 is 22.7 Å². The molecule has 1 saturated heterocycles. The summed E-state index contributed by atoms with van der Waals surface area (Å²) in [4.78, 5) is 7.81. The molecule has 0 aromatic carbocycles. The first-order valence-electron chi connectivity index (χ1n) is 5.67. The predicted octanol–water partition coefficient (Wildman–Crippen LogP) is 0.568. The third-order valence-corrected chi connectivity index (χ3v) is 4.80. The maximum atomic E-state index is 12.2. The Balaban J connectivity index is 2.19. The lowest BCUT2D eigenvalue weighted by Gasteiger charge is -2.14. The predicted molar refractivity (Wildman–Crippen MR) is 69.4 cm³/mol. The zero-order valence-electron chi connectivity index (χ0n) is 9.98. The molecule has 1 unspecified atom stereocenters. The number of nitrogens with zero attached hydrogens (tertiary/aromatic N) is 3. The summed E-state index contributed by atoms with van der Waals surface area (Å²) in [6.45, 7) is 3.18. The van der Waals surface area contributed by atoms with E-state index in [0.717, 1.165) is 6.42 Å². The highest BCUT2D eigenvalue weighted by Crippen LogP contribution is 2.22. The molecule has 2 rings (SSSR count). The van der Waals surface area contributed by atoms with E-state index in [9.17, 15) is 8.42 Å². The van der Waals surface area contributed by atoms with Gasteiger partial charge < -0.3 is 4.74 Å². The summed E-state index contributed by atoms with van der Waals surface area (Å²) in [5.74, 6) is 0.324. The van der Waals surface area contributed by atoms with E-state index in [1.165, 1.54) is 16.7 Å². The highest BCUT2D eigenvalue weighted by Gasteiger charge is 2.32. The van der Waals surface area contributed by atoms with Crippen LogP contribution < -0.4 is 4.74 Å². The monoisotopic (exact) mass is 289 g/mol. The van der Waals surface area contributed by atoms with Crippen LogP contribution in [0.2, 0.25) is 0 Å². The maximum absolute atomic E-state index is 12.2. The molecule has 0 aliphatic carbocycles. The lowest BCUT2D eigenvalue weighted by atomic mass is 10.4. The number of hydrogen-bond donors (Lipinski definition) is 1. The van der Waals surface area contributed by atoms with E-state index in [-0.39, 0.29) is 10.3 Å². The summed E-state index contributed by atoms with van der Waals surface area (Å²) in [7, 11) is -3.55. The smallest absolute Gasteiger partial charge is 0.262 e. The third-order valence-electron chi connectivity index (χ3n) is 2.63. The molecule has 0 N–H and O–H groups in total. The van der Waals surface area contributed by atoms with Crippen molar-refractivity contribution in [3.63, 3.8) is 0 Å². The first-order valence-corrected chi connectivity index (χ1v) is 7.62. The normalized spacial score (nSPS) is 21.1. The van der Waals surface area contributed by atoms with Crippen LogP contribution in [0.4, 0.5) is 0 Å². The number of ether oxygens (including phenoxy) is 1. The third kappa shape index (κ3) is 2.76. The topological polar surface area (TPSA) is 72.4 Å². The van der Waals surface area contributed by atoms with E-state index in [1.807, 2.05) is 6.92 Å². The number of sulfonamides is 1. The minimum absolute atomic E-state index is 0.0478. The van der Waals surface area contributed by atoms with E-state index in [4.69, 9.17) is 4.74 Å². The lowest BCUT2D eigenvalue weighted by Crippen LogP contribution is -2.29. The van der Waals surface area contributed by atoms with Gasteiger partial charge in [-0.2, -0.15) is 16.9 Å². The molecule has 1 fully saturated rings. The molecule has 100 valence electrons. The van der Waals surface area contributed by atoms with E-state index in [0.29, 0.717) is 25.6 Å². The molecule has 1 aliphatic rings. The molecular formula is C10H15N3O3S2. The Kier molecular flexibility index (Phi) is 4.08. The van der Waals surface area contributed by atoms with Crippen molar-refractivity contribution in [2.75, 3.05) is 19.7 Å². The SMILES string of the molecule is CCOc1cnc(S(=O)(=O)N2CCC(S)C2)cn1. The van der Waals surface area contributed by atoms with Gasteiger partial charge in [0.05, 0.1) is 19.0 Å². The highest BCUT2D eigenvalue weighted by molar-refractivity contribution is 7.89. The Morgan fingerprint density at radius 1 is 1.50 bits per heavy atom. The lowest BCUT2D eigenvalue weighted by molar-refractivity contribution is 0.324. The van der Waals surface area contributed by atoms with Gasteiger partial charge >= 0.3 is 0 Å². The second-order valence-corrected chi connectivity index (χ2v) is 6.55. The van der Waals surface area contributed by atoms with Gasteiger partial charge in [0.1, 0.15) is 0 Å². The average Bonchev–Trinajstić information content (AvgIpc) is 2.78. The van der Waals surface area contributed by atoms with Gasteiger partial charge in [-0.3, -0.25) is 0 Å². The Bertz CT molecular complexity index is 504. The van der Waals surface area contributed by atoms with Crippen LogP contribution in [0.15, 0.2) is 17.4 Å². The van der Waals surface area contributed by atoms with Crippen molar-refractivity contribution in [1.82, 2.24) is 14.3 Å². The summed E-state index contributed by atoms with van der Waals surface area (Å²) in [5, 5.41) is 0.0452. The van der Waals surface area contributed by atoms with Crippen molar-refractivity contribution in [3.8, 4) is 5.88 Å². The summed E-state index contributed by atoms with van der Waals surface area (Å²) in [6.07, 6.45) is 3.31. The zero-order valence-corrected chi connectivity index (χ0v) is 11.7. The van der Waals surface area contributed by atoms with Gasteiger partial charge in [0.15, 0.2) is 5.03 Å². The molecule has 1 aromatic rings. The Morgan fingerprint density at radius 2 is 2.28 bits per heavy atom. The molecule has 0 spiro atoms. The zero-order chi connectivity index (χ0) is 13.2. The van der Waals surface area contributed by atoms with Gasteiger partial charge in [0.2, 0.25) is 5.88 Å². The van der Waals surface area contributed by atoms with Gasteiger partial charge in [0, 0.05) is 18.3 Å². The molecular weight excluding hydrogens is 274 g/mol. The Hall–Kier alpha value is -0.860. The fourth-order valence-electron chi connectivity index (χ4n) is 1.72. The fourth-order valence-corrected chi connectivity index (χ4v) is 3.50.